The van der Waals surface area contributed by atoms with Gasteiger partial charge < -0.3 is 4.74 Å². The Bertz CT molecular complexity index is 1150. The first-order valence-electron chi connectivity index (χ1n) is 8.96. The van der Waals surface area contributed by atoms with E-state index in [1.807, 2.05) is 30.3 Å². The summed E-state index contributed by atoms with van der Waals surface area (Å²) in [5, 5.41) is 1.52. The summed E-state index contributed by atoms with van der Waals surface area (Å²) in [5.41, 5.74) is 1.25. The van der Waals surface area contributed by atoms with Gasteiger partial charge in [0.05, 0.1) is 18.6 Å². The number of ketones is 1. The van der Waals surface area contributed by atoms with Gasteiger partial charge in [0, 0.05) is 5.56 Å². The molecule has 0 spiro atoms. The van der Waals surface area contributed by atoms with Crippen molar-refractivity contribution in [1.82, 2.24) is 4.90 Å². The van der Waals surface area contributed by atoms with Crippen LogP contribution in [0.4, 0.5) is 4.79 Å². The third-order valence-corrected chi connectivity index (χ3v) is 5.57. The number of fused-ring (bicyclic) bond motifs is 1. The second-order valence-corrected chi connectivity index (χ2v) is 7.52. The number of nitrogens with zero attached hydrogens (tertiary/aromatic N) is 1. The van der Waals surface area contributed by atoms with Gasteiger partial charge in [-0.05, 0) is 52.4 Å². The summed E-state index contributed by atoms with van der Waals surface area (Å²) >= 11 is 0.841. The van der Waals surface area contributed by atoms with Crippen molar-refractivity contribution in [2.75, 3.05) is 13.7 Å². The quantitative estimate of drug-likeness (QED) is 0.454. The third kappa shape index (κ3) is 3.93. The number of ether oxygens (including phenoxy) is 1. The van der Waals surface area contributed by atoms with Crippen LogP contribution >= 0.6 is 11.8 Å². The summed E-state index contributed by atoms with van der Waals surface area (Å²) in [6.07, 6.45) is 1.64. The monoisotopic (exact) mass is 403 g/mol. The van der Waals surface area contributed by atoms with E-state index < -0.39 is 11.1 Å². The van der Waals surface area contributed by atoms with E-state index in [0.29, 0.717) is 16.2 Å². The second kappa shape index (κ2) is 7.93. The molecule has 6 heteroatoms. The van der Waals surface area contributed by atoms with Crippen molar-refractivity contribution < 1.29 is 19.1 Å². The minimum absolute atomic E-state index is 0.274. The summed E-state index contributed by atoms with van der Waals surface area (Å²) in [7, 11) is 1.58. The maximum atomic E-state index is 12.7. The lowest BCUT2D eigenvalue weighted by Crippen LogP contribution is -2.33. The highest BCUT2D eigenvalue weighted by Gasteiger charge is 2.36. The van der Waals surface area contributed by atoms with Gasteiger partial charge >= 0.3 is 0 Å². The zero-order valence-electron chi connectivity index (χ0n) is 15.6. The average molecular weight is 403 g/mol. The van der Waals surface area contributed by atoms with Gasteiger partial charge in [0.25, 0.3) is 11.1 Å². The van der Waals surface area contributed by atoms with Crippen molar-refractivity contribution in [3.8, 4) is 5.75 Å². The van der Waals surface area contributed by atoms with Gasteiger partial charge in [0.15, 0.2) is 5.78 Å². The Morgan fingerprint density at radius 2 is 1.72 bits per heavy atom. The zero-order chi connectivity index (χ0) is 20.4. The van der Waals surface area contributed by atoms with Crippen LogP contribution in [-0.2, 0) is 4.79 Å². The van der Waals surface area contributed by atoms with E-state index in [2.05, 4.69) is 0 Å². The number of rotatable bonds is 5. The molecular formula is C23H17NO4S. The lowest BCUT2D eigenvalue weighted by molar-refractivity contribution is -0.122. The fourth-order valence-corrected chi connectivity index (χ4v) is 3.92. The minimum Gasteiger partial charge on any atom is -0.497 e. The molecule has 2 amide bonds. The molecule has 5 nitrogen and oxygen atoms in total. The number of carbonyl (C=O) groups is 3. The highest BCUT2D eigenvalue weighted by atomic mass is 32.2. The van der Waals surface area contributed by atoms with Crippen LogP contribution in [0, 0.1) is 0 Å². The molecule has 144 valence electrons. The fourth-order valence-electron chi connectivity index (χ4n) is 3.09. The van der Waals surface area contributed by atoms with Crippen LogP contribution < -0.4 is 4.74 Å². The summed E-state index contributed by atoms with van der Waals surface area (Å²) in [4.78, 5) is 39.0. The summed E-state index contributed by atoms with van der Waals surface area (Å²) in [5.74, 6) is -0.0232. The summed E-state index contributed by atoms with van der Waals surface area (Å²) < 4.78 is 5.11. The Hall–Kier alpha value is -3.38. The molecule has 1 saturated heterocycles. The standard InChI is InChI=1S/C23H17NO4S/c1-28-19-10-6-15(7-11-19)12-21-22(26)24(23(27)29-21)14-20(25)18-9-8-16-4-2-3-5-17(16)13-18/h2-13H,14H2,1H3/b21-12-. The molecule has 1 fully saturated rings. The van der Waals surface area contributed by atoms with E-state index in [1.165, 1.54) is 0 Å². The molecule has 0 radical (unpaired) electrons. The first-order chi connectivity index (χ1) is 14.0. The lowest BCUT2D eigenvalue weighted by Gasteiger charge is -2.11. The SMILES string of the molecule is COc1ccc(/C=C2\SC(=O)N(CC(=O)c3ccc4ccccc4c3)C2=O)cc1. The maximum Gasteiger partial charge on any atom is 0.293 e. The number of methoxy groups -OCH3 is 1. The van der Waals surface area contributed by atoms with Gasteiger partial charge in [-0.25, -0.2) is 0 Å². The molecule has 3 aromatic carbocycles. The number of hydrogen-bond acceptors (Lipinski definition) is 5. The first kappa shape index (κ1) is 19.0. The molecule has 0 saturated carbocycles. The number of imide groups is 1. The van der Waals surface area contributed by atoms with Crippen LogP contribution in [0.5, 0.6) is 5.75 Å². The molecule has 0 aromatic heterocycles. The molecule has 0 N–H and O–H groups in total. The molecular weight excluding hydrogens is 386 g/mol. The minimum atomic E-state index is -0.454. The second-order valence-electron chi connectivity index (χ2n) is 6.53. The molecule has 29 heavy (non-hydrogen) atoms. The number of thioether (sulfide) groups is 1. The van der Waals surface area contributed by atoms with Gasteiger partial charge in [0.2, 0.25) is 0 Å². The molecule has 1 aliphatic heterocycles. The van der Waals surface area contributed by atoms with Gasteiger partial charge in [-0.1, -0.05) is 48.5 Å². The summed E-state index contributed by atoms with van der Waals surface area (Å²) in [6.45, 7) is -0.275. The first-order valence-corrected chi connectivity index (χ1v) is 9.78. The van der Waals surface area contributed by atoms with E-state index in [0.717, 1.165) is 33.0 Å². The molecule has 0 unspecified atom stereocenters. The summed E-state index contributed by atoms with van der Waals surface area (Å²) in [6, 6.07) is 20.2. The normalized spacial score (nSPS) is 15.3. The van der Waals surface area contributed by atoms with E-state index in [4.69, 9.17) is 4.74 Å². The van der Waals surface area contributed by atoms with E-state index in [1.54, 1.807) is 49.6 Å². The van der Waals surface area contributed by atoms with Gasteiger partial charge in [-0.15, -0.1) is 0 Å². The van der Waals surface area contributed by atoms with Crippen LogP contribution in [0.25, 0.3) is 16.8 Å². The van der Waals surface area contributed by atoms with Crippen LogP contribution in [0.2, 0.25) is 0 Å². The van der Waals surface area contributed by atoms with Crippen molar-refractivity contribution in [2.45, 2.75) is 0 Å². The van der Waals surface area contributed by atoms with Crippen molar-refractivity contribution in [3.63, 3.8) is 0 Å². The molecule has 4 rings (SSSR count). The average Bonchev–Trinajstić information content (AvgIpc) is 3.01. The van der Waals surface area contributed by atoms with Crippen molar-refractivity contribution in [2.24, 2.45) is 0 Å². The van der Waals surface area contributed by atoms with Crippen molar-refractivity contribution in [3.05, 3.63) is 82.8 Å². The Labute approximate surface area is 172 Å². The third-order valence-electron chi connectivity index (χ3n) is 4.66. The van der Waals surface area contributed by atoms with E-state index >= 15 is 0 Å². The number of hydrogen-bond donors (Lipinski definition) is 0. The predicted molar refractivity (Wildman–Crippen MR) is 114 cm³/mol. The van der Waals surface area contributed by atoms with Gasteiger partial charge in [0.1, 0.15) is 5.75 Å². The lowest BCUT2D eigenvalue weighted by atomic mass is 10.0. The number of amides is 2. The fraction of sp³-hybridized carbons (Fsp3) is 0.0870. The van der Waals surface area contributed by atoms with Crippen LogP contribution in [-0.4, -0.2) is 35.5 Å². The predicted octanol–water partition coefficient (Wildman–Crippen LogP) is 4.77. The smallest absolute Gasteiger partial charge is 0.293 e. The van der Waals surface area contributed by atoms with E-state index in [9.17, 15) is 14.4 Å². The molecule has 3 aromatic rings. The van der Waals surface area contributed by atoms with Gasteiger partial charge in [-0.2, -0.15) is 0 Å². The highest BCUT2D eigenvalue weighted by molar-refractivity contribution is 8.18. The topological polar surface area (TPSA) is 63.7 Å². The van der Waals surface area contributed by atoms with Crippen LogP contribution in [0.15, 0.2) is 71.6 Å². The zero-order valence-corrected chi connectivity index (χ0v) is 16.4. The number of carbonyl (C=O) groups excluding carboxylic acids is 3. The van der Waals surface area contributed by atoms with Crippen LogP contribution in [0.3, 0.4) is 0 Å². The van der Waals surface area contributed by atoms with Crippen molar-refractivity contribution >= 4 is 45.5 Å². The number of Topliss-reactive ketones (excluding diaryl/α,β-unsaturated/α-hetero) is 1. The largest absolute Gasteiger partial charge is 0.497 e. The molecule has 1 heterocycles. The molecule has 0 bridgehead atoms. The number of benzene rings is 3. The Balaban J connectivity index is 1.52. The highest BCUT2D eigenvalue weighted by Crippen LogP contribution is 2.32. The maximum absolute atomic E-state index is 12.7. The molecule has 1 aliphatic rings. The molecule has 0 atom stereocenters. The Morgan fingerprint density at radius 1 is 1.00 bits per heavy atom. The van der Waals surface area contributed by atoms with Crippen molar-refractivity contribution in [1.29, 1.82) is 0 Å². The van der Waals surface area contributed by atoms with Gasteiger partial charge in [-0.3, -0.25) is 19.3 Å². The van der Waals surface area contributed by atoms with E-state index in [-0.39, 0.29) is 12.3 Å². The molecule has 0 aliphatic carbocycles. The Morgan fingerprint density at radius 3 is 2.45 bits per heavy atom. The Kier molecular flexibility index (Phi) is 5.18. The van der Waals surface area contributed by atoms with Crippen LogP contribution in [0.1, 0.15) is 15.9 Å².